The van der Waals surface area contributed by atoms with Crippen molar-refractivity contribution in [1.29, 1.82) is 0 Å². The standard InChI is InChI=1S/C23H23ClN6O/c1-13-7-14(2)21(26-9-13)17-8-20(25-11-18(17)24)30-6-5-19-16(12-30)10-27-23(28-19)29-22(31)15-3-4-15/h7-11,15H,3-6,12H2,1-2H3,(H,27,28,29,31). The second-order valence-corrected chi connectivity index (χ2v) is 8.71. The van der Waals surface area contributed by atoms with Gasteiger partial charge in [0.25, 0.3) is 0 Å². The molecule has 1 aliphatic heterocycles. The second-order valence-electron chi connectivity index (χ2n) is 8.30. The Morgan fingerprint density at radius 1 is 1.13 bits per heavy atom. The number of aromatic nitrogens is 4. The van der Waals surface area contributed by atoms with Crippen molar-refractivity contribution in [3.05, 3.63) is 58.1 Å². The minimum absolute atomic E-state index is 0.0234. The van der Waals surface area contributed by atoms with Crippen molar-refractivity contribution in [1.82, 2.24) is 19.9 Å². The van der Waals surface area contributed by atoms with Crippen LogP contribution in [-0.4, -0.2) is 32.4 Å². The van der Waals surface area contributed by atoms with Gasteiger partial charge in [-0.05, 0) is 43.9 Å². The maximum atomic E-state index is 12.0. The minimum atomic E-state index is 0.0234. The molecule has 1 amide bonds. The molecular weight excluding hydrogens is 412 g/mol. The summed E-state index contributed by atoms with van der Waals surface area (Å²) in [4.78, 5) is 32.2. The molecule has 158 valence electrons. The van der Waals surface area contributed by atoms with Crippen LogP contribution in [0.5, 0.6) is 0 Å². The Balaban J connectivity index is 1.38. The summed E-state index contributed by atoms with van der Waals surface area (Å²) in [6.07, 6.45) is 8.02. The molecule has 0 unspecified atom stereocenters. The predicted molar refractivity (Wildman–Crippen MR) is 120 cm³/mol. The molecule has 0 aromatic carbocycles. The SMILES string of the molecule is Cc1cnc(-c2cc(N3CCc4nc(NC(=O)C5CC5)ncc4C3)ncc2Cl)c(C)c1. The number of nitrogens with one attached hydrogen (secondary N) is 1. The molecule has 2 aliphatic rings. The Kier molecular flexibility index (Phi) is 5.06. The largest absolute Gasteiger partial charge is 0.352 e. The molecule has 0 bridgehead atoms. The lowest BCUT2D eigenvalue weighted by atomic mass is 10.0. The van der Waals surface area contributed by atoms with Crippen molar-refractivity contribution in [2.24, 2.45) is 5.92 Å². The van der Waals surface area contributed by atoms with Gasteiger partial charge in [0.1, 0.15) is 5.82 Å². The summed E-state index contributed by atoms with van der Waals surface area (Å²) in [5.74, 6) is 1.40. The van der Waals surface area contributed by atoms with E-state index in [1.165, 1.54) is 0 Å². The smallest absolute Gasteiger partial charge is 0.229 e. The third kappa shape index (κ3) is 4.10. The van der Waals surface area contributed by atoms with E-state index in [0.717, 1.165) is 65.3 Å². The highest BCUT2D eigenvalue weighted by Gasteiger charge is 2.30. The Morgan fingerprint density at radius 3 is 2.74 bits per heavy atom. The molecule has 4 heterocycles. The van der Waals surface area contributed by atoms with Gasteiger partial charge in [-0.25, -0.2) is 15.0 Å². The number of anilines is 2. The van der Waals surface area contributed by atoms with Crippen molar-refractivity contribution < 1.29 is 4.79 Å². The summed E-state index contributed by atoms with van der Waals surface area (Å²) >= 11 is 6.47. The van der Waals surface area contributed by atoms with Crippen LogP contribution >= 0.6 is 11.6 Å². The Hall–Kier alpha value is -3.06. The van der Waals surface area contributed by atoms with Crippen LogP contribution in [0.3, 0.4) is 0 Å². The Bertz CT molecular complexity index is 1180. The molecule has 8 heteroatoms. The number of fused-ring (bicyclic) bond motifs is 1. The highest BCUT2D eigenvalue weighted by Crippen LogP contribution is 2.33. The quantitative estimate of drug-likeness (QED) is 0.665. The number of hydrogen-bond acceptors (Lipinski definition) is 6. The lowest BCUT2D eigenvalue weighted by Crippen LogP contribution is -2.32. The second kappa shape index (κ2) is 7.89. The number of halogens is 1. The number of pyridine rings is 2. The van der Waals surface area contributed by atoms with Gasteiger partial charge >= 0.3 is 0 Å². The number of nitrogens with zero attached hydrogens (tertiary/aromatic N) is 5. The third-order valence-electron chi connectivity index (χ3n) is 5.75. The fraction of sp³-hybridized carbons (Fsp3) is 0.348. The lowest BCUT2D eigenvalue weighted by molar-refractivity contribution is -0.117. The van der Waals surface area contributed by atoms with Crippen molar-refractivity contribution >= 4 is 29.3 Å². The molecule has 0 saturated heterocycles. The molecule has 31 heavy (non-hydrogen) atoms. The number of carbonyl (C=O) groups excluding carboxylic acids is 1. The molecule has 7 nitrogen and oxygen atoms in total. The molecular formula is C23H23ClN6O. The molecule has 1 fully saturated rings. The van der Waals surface area contributed by atoms with Gasteiger partial charge in [0.05, 0.1) is 16.4 Å². The minimum Gasteiger partial charge on any atom is -0.352 e. The van der Waals surface area contributed by atoms with Crippen LogP contribution in [0.1, 0.15) is 35.2 Å². The summed E-state index contributed by atoms with van der Waals surface area (Å²) in [5, 5.41) is 3.41. The topological polar surface area (TPSA) is 83.9 Å². The van der Waals surface area contributed by atoms with Crippen molar-refractivity contribution in [3.63, 3.8) is 0 Å². The highest BCUT2D eigenvalue weighted by atomic mass is 35.5. The van der Waals surface area contributed by atoms with Crippen LogP contribution < -0.4 is 10.2 Å². The number of rotatable bonds is 4. The molecule has 3 aromatic rings. The normalized spacial score (nSPS) is 15.5. The maximum Gasteiger partial charge on any atom is 0.229 e. The van der Waals surface area contributed by atoms with E-state index in [0.29, 0.717) is 17.5 Å². The van der Waals surface area contributed by atoms with Gasteiger partial charge in [-0.3, -0.25) is 15.1 Å². The van der Waals surface area contributed by atoms with Crippen LogP contribution in [0.2, 0.25) is 5.02 Å². The van der Waals surface area contributed by atoms with E-state index in [1.807, 2.05) is 26.1 Å². The van der Waals surface area contributed by atoms with Crippen molar-refractivity contribution in [3.8, 4) is 11.3 Å². The van der Waals surface area contributed by atoms with Gasteiger partial charge in [-0.2, -0.15) is 0 Å². The van der Waals surface area contributed by atoms with Crippen LogP contribution in [0.4, 0.5) is 11.8 Å². The van der Waals surface area contributed by atoms with E-state index in [9.17, 15) is 4.79 Å². The van der Waals surface area contributed by atoms with Crippen molar-refractivity contribution in [2.75, 3.05) is 16.8 Å². The first-order valence-electron chi connectivity index (χ1n) is 10.5. The monoisotopic (exact) mass is 434 g/mol. The molecule has 5 rings (SSSR count). The average Bonchev–Trinajstić information content (AvgIpc) is 3.60. The molecule has 1 saturated carbocycles. The number of carbonyl (C=O) groups is 1. The highest BCUT2D eigenvalue weighted by molar-refractivity contribution is 6.33. The first kappa shape index (κ1) is 19.9. The van der Waals surface area contributed by atoms with Crippen LogP contribution in [0.15, 0.2) is 30.7 Å². The number of amides is 1. The van der Waals surface area contributed by atoms with Crippen LogP contribution in [0.25, 0.3) is 11.3 Å². The van der Waals surface area contributed by atoms with E-state index in [-0.39, 0.29) is 11.8 Å². The van der Waals surface area contributed by atoms with Gasteiger partial charge in [0.15, 0.2) is 0 Å². The van der Waals surface area contributed by atoms with Gasteiger partial charge in [-0.1, -0.05) is 17.7 Å². The third-order valence-corrected chi connectivity index (χ3v) is 6.05. The van der Waals surface area contributed by atoms with Crippen LogP contribution in [0, 0.1) is 19.8 Å². The fourth-order valence-corrected chi connectivity index (χ4v) is 4.10. The zero-order chi connectivity index (χ0) is 21.5. The first-order chi connectivity index (χ1) is 15.0. The Labute approximate surface area is 185 Å². The number of aryl methyl sites for hydroxylation is 2. The predicted octanol–water partition coefficient (Wildman–Crippen LogP) is 4.12. The molecule has 0 spiro atoms. The van der Waals surface area contributed by atoms with E-state index < -0.39 is 0 Å². The van der Waals surface area contributed by atoms with Crippen molar-refractivity contribution in [2.45, 2.75) is 39.7 Å². The summed E-state index contributed by atoms with van der Waals surface area (Å²) in [6.45, 7) is 5.49. The van der Waals surface area contributed by atoms with Gasteiger partial charge in [0.2, 0.25) is 11.9 Å². The Morgan fingerprint density at radius 2 is 1.97 bits per heavy atom. The molecule has 0 radical (unpaired) electrons. The van der Waals surface area contributed by atoms with Gasteiger partial charge in [0, 0.05) is 55.1 Å². The summed E-state index contributed by atoms with van der Waals surface area (Å²) in [6, 6.07) is 4.11. The van der Waals surface area contributed by atoms with Gasteiger partial charge < -0.3 is 4.90 Å². The molecule has 3 aromatic heterocycles. The summed E-state index contributed by atoms with van der Waals surface area (Å²) in [7, 11) is 0. The maximum absolute atomic E-state index is 12.0. The van der Waals surface area contributed by atoms with E-state index >= 15 is 0 Å². The molecule has 0 atom stereocenters. The first-order valence-corrected chi connectivity index (χ1v) is 10.9. The summed E-state index contributed by atoms with van der Waals surface area (Å²) < 4.78 is 0. The van der Waals surface area contributed by atoms with Crippen LogP contribution in [-0.2, 0) is 17.8 Å². The lowest BCUT2D eigenvalue weighted by Gasteiger charge is -2.29. The van der Waals surface area contributed by atoms with E-state index in [4.69, 9.17) is 11.6 Å². The fourth-order valence-electron chi connectivity index (χ4n) is 3.91. The summed E-state index contributed by atoms with van der Waals surface area (Å²) in [5.41, 5.74) is 5.96. The number of hydrogen-bond donors (Lipinski definition) is 1. The zero-order valence-electron chi connectivity index (χ0n) is 17.5. The van der Waals surface area contributed by atoms with E-state index in [2.05, 4.69) is 36.2 Å². The van der Waals surface area contributed by atoms with Gasteiger partial charge in [-0.15, -0.1) is 0 Å². The molecule has 1 aliphatic carbocycles. The zero-order valence-corrected chi connectivity index (χ0v) is 18.3. The molecule has 1 N–H and O–H groups in total. The average molecular weight is 435 g/mol. The van der Waals surface area contributed by atoms with E-state index in [1.54, 1.807) is 12.4 Å².